The summed E-state index contributed by atoms with van der Waals surface area (Å²) in [6.45, 7) is 3.20. The van der Waals surface area contributed by atoms with Crippen LogP contribution in [0.5, 0.6) is 5.75 Å². The lowest BCUT2D eigenvalue weighted by molar-refractivity contribution is -0.114. The number of piperazine rings is 1. The summed E-state index contributed by atoms with van der Waals surface area (Å²) in [5.74, 6) is 0.0999. The average Bonchev–Trinajstić information content (AvgIpc) is 2.67. The van der Waals surface area contributed by atoms with Crippen molar-refractivity contribution in [2.45, 2.75) is 11.8 Å². The maximum absolute atomic E-state index is 13.1. The van der Waals surface area contributed by atoms with Crippen molar-refractivity contribution in [3.05, 3.63) is 47.5 Å². The molecule has 0 atom stereocenters. The van der Waals surface area contributed by atoms with Crippen molar-refractivity contribution in [3.8, 4) is 5.75 Å². The quantitative estimate of drug-likeness (QED) is 0.800. The molecule has 2 aromatic carbocycles. The van der Waals surface area contributed by atoms with E-state index in [0.29, 0.717) is 42.6 Å². The Morgan fingerprint density at radius 3 is 2.43 bits per heavy atom. The van der Waals surface area contributed by atoms with E-state index in [1.165, 1.54) is 30.5 Å². The van der Waals surface area contributed by atoms with Crippen LogP contribution in [0.1, 0.15) is 6.92 Å². The number of benzene rings is 2. The number of halogens is 1. The number of nitrogens with zero attached hydrogens (tertiary/aromatic N) is 2. The average molecular weight is 424 g/mol. The lowest BCUT2D eigenvalue weighted by Gasteiger charge is -2.35. The van der Waals surface area contributed by atoms with Crippen molar-refractivity contribution >= 4 is 38.9 Å². The molecular formula is C19H22ClN3O4S. The number of sulfonamides is 1. The first kappa shape index (κ1) is 20.4. The number of amides is 1. The molecule has 1 N–H and O–H groups in total. The highest BCUT2D eigenvalue weighted by Gasteiger charge is 2.29. The van der Waals surface area contributed by atoms with E-state index >= 15 is 0 Å². The minimum Gasteiger partial charge on any atom is -0.495 e. The summed E-state index contributed by atoms with van der Waals surface area (Å²) in [6.07, 6.45) is 0. The molecule has 0 bridgehead atoms. The van der Waals surface area contributed by atoms with Gasteiger partial charge < -0.3 is 15.0 Å². The Bertz CT molecular complexity index is 973. The summed E-state index contributed by atoms with van der Waals surface area (Å²) in [6, 6.07) is 12.0. The van der Waals surface area contributed by atoms with E-state index in [1.807, 2.05) is 24.3 Å². The van der Waals surface area contributed by atoms with Crippen LogP contribution in [0.4, 0.5) is 11.4 Å². The first-order chi connectivity index (χ1) is 13.3. The molecule has 0 saturated carbocycles. The number of methoxy groups -OCH3 is 1. The molecule has 1 amide bonds. The number of carbonyl (C=O) groups is 1. The number of carbonyl (C=O) groups excluding carboxylic acids is 1. The third-order valence-corrected chi connectivity index (χ3v) is 6.66. The van der Waals surface area contributed by atoms with E-state index in [9.17, 15) is 13.2 Å². The van der Waals surface area contributed by atoms with Gasteiger partial charge in [0.15, 0.2) is 0 Å². The Kier molecular flexibility index (Phi) is 6.12. The molecule has 0 aliphatic carbocycles. The molecule has 1 heterocycles. The maximum Gasteiger partial charge on any atom is 0.243 e. The van der Waals surface area contributed by atoms with Gasteiger partial charge in [-0.05, 0) is 36.4 Å². The summed E-state index contributed by atoms with van der Waals surface area (Å²) < 4.78 is 32.8. The number of nitrogens with one attached hydrogen (secondary N) is 1. The standard InChI is InChI=1S/C19H22ClN3O4S/c1-14(24)21-18-13-17(6-7-19(18)27-2)28(25,26)23-10-8-22(9-11-23)16-5-3-4-15(20)12-16/h3-7,12-13H,8-11H2,1-2H3,(H,21,24). The molecule has 1 saturated heterocycles. The molecule has 0 radical (unpaired) electrons. The van der Waals surface area contributed by atoms with Gasteiger partial charge in [0.05, 0.1) is 17.7 Å². The minimum absolute atomic E-state index is 0.119. The molecule has 0 aromatic heterocycles. The van der Waals surface area contributed by atoms with Crippen LogP contribution in [0.3, 0.4) is 0 Å². The van der Waals surface area contributed by atoms with Crippen molar-refractivity contribution in [2.75, 3.05) is 43.5 Å². The zero-order valence-electron chi connectivity index (χ0n) is 15.7. The molecule has 150 valence electrons. The normalized spacial score (nSPS) is 15.3. The van der Waals surface area contributed by atoms with Crippen molar-refractivity contribution < 1.29 is 17.9 Å². The van der Waals surface area contributed by atoms with Crippen LogP contribution in [-0.2, 0) is 14.8 Å². The fourth-order valence-corrected chi connectivity index (χ4v) is 4.78. The van der Waals surface area contributed by atoms with Crippen LogP contribution in [0.25, 0.3) is 0 Å². The van der Waals surface area contributed by atoms with E-state index in [1.54, 1.807) is 6.07 Å². The van der Waals surface area contributed by atoms with Gasteiger partial charge in [0.1, 0.15) is 5.75 Å². The molecule has 3 rings (SSSR count). The second-order valence-electron chi connectivity index (χ2n) is 6.41. The molecule has 0 spiro atoms. The van der Waals surface area contributed by atoms with Gasteiger partial charge in [0.25, 0.3) is 0 Å². The van der Waals surface area contributed by atoms with Crippen molar-refractivity contribution in [2.24, 2.45) is 0 Å². The zero-order valence-corrected chi connectivity index (χ0v) is 17.3. The van der Waals surface area contributed by atoms with Gasteiger partial charge in [0, 0.05) is 43.8 Å². The Morgan fingerprint density at radius 2 is 1.82 bits per heavy atom. The maximum atomic E-state index is 13.1. The van der Waals surface area contributed by atoms with Gasteiger partial charge in [-0.3, -0.25) is 4.79 Å². The summed E-state index contributed by atoms with van der Waals surface area (Å²) in [5.41, 5.74) is 1.30. The third kappa shape index (κ3) is 4.40. The lowest BCUT2D eigenvalue weighted by atomic mass is 10.2. The van der Waals surface area contributed by atoms with E-state index in [2.05, 4.69) is 10.2 Å². The van der Waals surface area contributed by atoms with Gasteiger partial charge in [-0.15, -0.1) is 0 Å². The number of ether oxygens (including phenoxy) is 1. The summed E-state index contributed by atoms with van der Waals surface area (Å²) in [5, 5.41) is 3.26. The van der Waals surface area contributed by atoms with Crippen LogP contribution in [-0.4, -0.2) is 51.9 Å². The van der Waals surface area contributed by atoms with Gasteiger partial charge >= 0.3 is 0 Å². The molecule has 2 aromatic rings. The fraction of sp³-hybridized carbons (Fsp3) is 0.316. The molecule has 28 heavy (non-hydrogen) atoms. The van der Waals surface area contributed by atoms with Crippen LogP contribution in [0, 0.1) is 0 Å². The van der Waals surface area contributed by atoms with Crippen LogP contribution in [0.15, 0.2) is 47.4 Å². The van der Waals surface area contributed by atoms with E-state index in [4.69, 9.17) is 16.3 Å². The van der Waals surface area contributed by atoms with Gasteiger partial charge in [-0.2, -0.15) is 4.31 Å². The molecular weight excluding hydrogens is 402 g/mol. The number of hydrogen-bond donors (Lipinski definition) is 1. The molecule has 7 nitrogen and oxygen atoms in total. The van der Waals surface area contributed by atoms with Gasteiger partial charge in [-0.1, -0.05) is 17.7 Å². The molecule has 1 aliphatic rings. The SMILES string of the molecule is COc1ccc(S(=O)(=O)N2CCN(c3cccc(Cl)c3)CC2)cc1NC(C)=O. The highest BCUT2D eigenvalue weighted by Crippen LogP contribution is 2.30. The second kappa shape index (κ2) is 8.38. The third-order valence-electron chi connectivity index (χ3n) is 4.53. The first-order valence-electron chi connectivity index (χ1n) is 8.77. The van der Waals surface area contributed by atoms with Gasteiger partial charge in [0.2, 0.25) is 15.9 Å². The van der Waals surface area contributed by atoms with Crippen LogP contribution < -0.4 is 15.0 Å². The fourth-order valence-electron chi connectivity index (χ4n) is 3.14. The highest BCUT2D eigenvalue weighted by molar-refractivity contribution is 7.89. The van der Waals surface area contributed by atoms with Crippen molar-refractivity contribution in [3.63, 3.8) is 0 Å². The Balaban J connectivity index is 1.78. The monoisotopic (exact) mass is 423 g/mol. The Hall–Kier alpha value is -2.29. The molecule has 1 aliphatic heterocycles. The van der Waals surface area contributed by atoms with Gasteiger partial charge in [-0.25, -0.2) is 8.42 Å². The largest absolute Gasteiger partial charge is 0.495 e. The number of rotatable bonds is 5. The summed E-state index contributed by atoms with van der Waals surface area (Å²) >= 11 is 6.05. The van der Waals surface area contributed by atoms with E-state index < -0.39 is 10.0 Å². The first-order valence-corrected chi connectivity index (χ1v) is 10.6. The Morgan fingerprint density at radius 1 is 1.11 bits per heavy atom. The van der Waals surface area contributed by atoms with Crippen LogP contribution in [0.2, 0.25) is 5.02 Å². The van der Waals surface area contributed by atoms with E-state index in [0.717, 1.165) is 5.69 Å². The number of hydrogen-bond acceptors (Lipinski definition) is 5. The van der Waals surface area contributed by atoms with Crippen molar-refractivity contribution in [1.82, 2.24) is 4.31 Å². The number of anilines is 2. The van der Waals surface area contributed by atoms with Crippen LogP contribution >= 0.6 is 11.6 Å². The molecule has 9 heteroatoms. The molecule has 0 unspecified atom stereocenters. The Labute approximate surface area is 169 Å². The lowest BCUT2D eigenvalue weighted by Crippen LogP contribution is -2.48. The smallest absolute Gasteiger partial charge is 0.243 e. The molecule has 1 fully saturated rings. The van der Waals surface area contributed by atoms with Crippen molar-refractivity contribution in [1.29, 1.82) is 0 Å². The highest BCUT2D eigenvalue weighted by atomic mass is 35.5. The zero-order chi connectivity index (χ0) is 20.3. The second-order valence-corrected chi connectivity index (χ2v) is 8.79. The predicted molar refractivity (Wildman–Crippen MR) is 110 cm³/mol. The summed E-state index contributed by atoms with van der Waals surface area (Å²) in [4.78, 5) is 13.6. The van der Waals surface area contributed by atoms with E-state index in [-0.39, 0.29) is 10.8 Å². The summed E-state index contributed by atoms with van der Waals surface area (Å²) in [7, 11) is -2.22. The topological polar surface area (TPSA) is 79.0 Å². The predicted octanol–water partition coefficient (Wildman–Crippen LogP) is 2.82. The minimum atomic E-state index is -3.69.